The maximum atomic E-state index is 11.0. The van der Waals surface area contributed by atoms with E-state index in [-0.39, 0.29) is 11.7 Å². The fourth-order valence-corrected chi connectivity index (χ4v) is 1.93. The first kappa shape index (κ1) is 12.7. The third-order valence-electron chi connectivity index (χ3n) is 1.94. The molecule has 0 fully saturated rings. The molecule has 4 nitrogen and oxygen atoms in total. The Labute approximate surface area is 98.9 Å². The number of carbonyl (C=O) groups excluding carboxylic acids is 1. The Balaban J connectivity index is 2.75. The van der Waals surface area contributed by atoms with Gasteiger partial charge in [0.2, 0.25) is 0 Å². The number of hydrogen-bond donors (Lipinski definition) is 0. The van der Waals surface area contributed by atoms with Crippen LogP contribution in [0.4, 0.5) is 0 Å². The Morgan fingerprint density at radius 2 is 2.00 bits per heavy atom. The van der Waals surface area contributed by atoms with E-state index < -0.39 is 0 Å². The Hall–Kier alpha value is -1.36. The average molecular weight is 242 g/mol. The minimum absolute atomic E-state index is 0.261. The first-order valence-corrected chi connectivity index (χ1v) is 5.61. The Kier molecular flexibility index (Phi) is 4.98. The fourth-order valence-electron chi connectivity index (χ4n) is 1.09. The molecule has 16 heavy (non-hydrogen) atoms. The SMILES string of the molecule is COC(=O)CSc1ccc(OC)cc1OC. The number of benzene rings is 1. The van der Waals surface area contributed by atoms with E-state index in [1.165, 1.54) is 18.9 Å². The second-order valence-electron chi connectivity index (χ2n) is 2.88. The number of esters is 1. The highest BCUT2D eigenvalue weighted by atomic mass is 32.2. The molecule has 1 rings (SSSR count). The van der Waals surface area contributed by atoms with E-state index in [1.807, 2.05) is 12.1 Å². The lowest BCUT2D eigenvalue weighted by Gasteiger charge is -2.09. The van der Waals surface area contributed by atoms with Gasteiger partial charge in [-0.25, -0.2) is 0 Å². The quantitative estimate of drug-likeness (QED) is 0.583. The van der Waals surface area contributed by atoms with E-state index in [0.717, 1.165) is 10.6 Å². The lowest BCUT2D eigenvalue weighted by atomic mass is 10.3. The van der Waals surface area contributed by atoms with E-state index >= 15 is 0 Å². The van der Waals surface area contributed by atoms with Crippen molar-refractivity contribution in [2.75, 3.05) is 27.1 Å². The molecule has 0 heterocycles. The Bertz CT molecular complexity index is 365. The molecule has 0 saturated carbocycles. The van der Waals surface area contributed by atoms with Crippen molar-refractivity contribution < 1.29 is 19.0 Å². The van der Waals surface area contributed by atoms with Crippen molar-refractivity contribution in [2.45, 2.75) is 4.90 Å². The van der Waals surface area contributed by atoms with Crippen molar-refractivity contribution in [2.24, 2.45) is 0 Å². The van der Waals surface area contributed by atoms with Gasteiger partial charge in [-0.1, -0.05) is 0 Å². The molecule has 0 bridgehead atoms. The van der Waals surface area contributed by atoms with Crippen LogP contribution in [0.1, 0.15) is 0 Å². The van der Waals surface area contributed by atoms with Crippen LogP contribution in [0, 0.1) is 0 Å². The van der Waals surface area contributed by atoms with E-state index in [0.29, 0.717) is 5.75 Å². The minimum Gasteiger partial charge on any atom is -0.497 e. The van der Waals surface area contributed by atoms with Crippen LogP contribution in [-0.2, 0) is 9.53 Å². The summed E-state index contributed by atoms with van der Waals surface area (Å²) in [6.45, 7) is 0. The summed E-state index contributed by atoms with van der Waals surface area (Å²) >= 11 is 1.37. The van der Waals surface area contributed by atoms with E-state index in [9.17, 15) is 4.79 Å². The van der Waals surface area contributed by atoms with E-state index in [2.05, 4.69) is 4.74 Å². The predicted molar refractivity (Wildman–Crippen MR) is 62.3 cm³/mol. The third kappa shape index (κ3) is 3.34. The van der Waals surface area contributed by atoms with Gasteiger partial charge in [-0.3, -0.25) is 4.79 Å². The van der Waals surface area contributed by atoms with Gasteiger partial charge in [-0.15, -0.1) is 11.8 Å². The molecule has 0 aliphatic heterocycles. The number of carbonyl (C=O) groups is 1. The summed E-state index contributed by atoms with van der Waals surface area (Å²) in [4.78, 5) is 11.9. The second-order valence-corrected chi connectivity index (χ2v) is 3.90. The molecule has 0 atom stereocenters. The number of hydrogen-bond acceptors (Lipinski definition) is 5. The predicted octanol–water partition coefficient (Wildman–Crippen LogP) is 1.97. The Morgan fingerprint density at radius 3 is 2.56 bits per heavy atom. The van der Waals surface area contributed by atoms with Gasteiger partial charge in [0.05, 0.1) is 32.0 Å². The summed E-state index contributed by atoms with van der Waals surface area (Å²) in [7, 11) is 4.54. The number of methoxy groups -OCH3 is 3. The zero-order valence-corrected chi connectivity index (χ0v) is 10.3. The van der Waals surface area contributed by atoms with E-state index in [4.69, 9.17) is 9.47 Å². The van der Waals surface area contributed by atoms with Gasteiger partial charge >= 0.3 is 5.97 Å². The fraction of sp³-hybridized carbons (Fsp3) is 0.364. The normalized spacial score (nSPS) is 9.69. The average Bonchev–Trinajstić information content (AvgIpc) is 2.35. The topological polar surface area (TPSA) is 44.8 Å². The highest BCUT2D eigenvalue weighted by molar-refractivity contribution is 8.00. The third-order valence-corrected chi connectivity index (χ3v) is 2.97. The highest BCUT2D eigenvalue weighted by Gasteiger charge is 2.08. The smallest absolute Gasteiger partial charge is 0.315 e. The molecular weight excluding hydrogens is 228 g/mol. The lowest BCUT2D eigenvalue weighted by molar-refractivity contribution is -0.137. The van der Waals surface area contributed by atoms with Crippen LogP contribution < -0.4 is 9.47 Å². The molecule has 0 spiro atoms. The van der Waals surface area contributed by atoms with Crippen LogP contribution in [0.15, 0.2) is 23.1 Å². The van der Waals surface area contributed by atoms with Gasteiger partial charge in [0.1, 0.15) is 11.5 Å². The summed E-state index contributed by atoms with van der Waals surface area (Å²) < 4.78 is 14.8. The van der Waals surface area contributed by atoms with Crippen molar-refractivity contribution in [1.29, 1.82) is 0 Å². The summed E-state index contributed by atoms with van der Waals surface area (Å²) in [6.07, 6.45) is 0. The van der Waals surface area contributed by atoms with Crippen LogP contribution >= 0.6 is 11.8 Å². The monoisotopic (exact) mass is 242 g/mol. The van der Waals surface area contributed by atoms with Crippen molar-refractivity contribution in [3.05, 3.63) is 18.2 Å². The molecule has 0 aliphatic carbocycles. The van der Waals surface area contributed by atoms with Crippen LogP contribution in [-0.4, -0.2) is 33.1 Å². The lowest BCUT2D eigenvalue weighted by Crippen LogP contribution is -2.03. The Morgan fingerprint density at radius 1 is 1.25 bits per heavy atom. The van der Waals surface area contributed by atoms with Gasteiger partial charge in [0.15, 0.2) is 0 Å². The molecule has 0 radical (unpaired) electrons. The number of thioether (sulfide) groups is 1. The van der Waals surface area contributed by atoms with Crippen LogP contribution in [0.3, 0.4) is 0 Å². The zero-order chi connectivity index (χ0) is 12.0. The van der Waals surface area contributed by atoms with Crippen LogP contribution in [0.2, 0.25) is 0 Å². The summed E-state index contributed by atoms with van der Waals surface area (Å²) in [5.41, 5.74) is 0. The maximum absolute atomic E-state index is 11.0. The molecule has 0 amide bonds. The minimum atomic E-state index is -0.261. The molecule has 0 saturated heterocycles. The molecule has 1 aromatic carbocycles. The van der Waals surface area contributed by atoms with Gasteiger partial charge < -0.3 is 14.2 Å². The highest BCUT2D eigenvalue weighted by Crippen LogP contribution is 2.32. The van der Waals surface area contributed by atoms with E-state index in [1.54, 1.807) is 20.3 Å². The second kappa shape index (κ2) is 6.27. The summed E-state index contributed by atoms with van der Waals surface area (Å²) in [5, 5.41) is 0. The molecule has 5 heteroatoms. The zero-order valence-electron chi connectivity index (χ0n) is 9.48. The number of ether oxygens (including phenoxy) is 3. The summed E-state index contributed by atoms with van der Waals surface area (Å²) in [5.74, 6) is 1.41. The van der Waals surface area contributed by atoms with Gasteiger partial charge in [0, 0.05) is 6.07 Å². The molecule has 0 aromatic heterocycles. The van der Waals surface area contributed by atoms with Crippen molar-refractivity contribution >= 4 is 17.7 Å². The largest absolute Gasteiger partial charge is 0.497 e. The standard InChI is InChI=1S/C11H14O4S/c1-13-8-4-5-10(9(6-8)14-2)16-7-11(12)15-3/h4-6H,7H2,1-3H3. The molecular formula is C11H14O4S. The van der Waals surface area contributed by atoms with Crippen molar-refractivity contribution in [3.63, 3.8) is 0 Å². The summed E-state index contributed by atoms with van der Waals surface area (Å²) in [6, 6.07) is 5.45. The first-order valence-electron chi connectivity index (χ1n) is 4.63. The molecule has 0 unspecified atom stereocenters. The molecule has 88 valence electrons. The van der Waals surface area contributed by atoms with Crippen molar-refractivity contribution in [3.8, 4) is 11.5 Å². The maximum Gasteiger partial charge on any atom is 0.315 e. The van der Waals surface area contributed by atoms with Crippen LogP contribution in [0.5, 0.6) is 11.5 Å². The first-order chi connectivity index (χ1) is 7.71. The number of rotatable bonds is 5. The van der Waals surface area contributed by atoms with Gasteiger partial charge in [-0.2, -0.15) is 0 Å². The van der Waals surface area contributed by atoms with Gasteiger partial charge in [0.25, 0.3) is 0 Å². The van der Waals surface area contributed by atoms with Gasteiger partial charge in [-0.05, 0) is 12.1 Å². The molecule has 0 N–H and O–H groups in total. The molecule has 0 aliphatic rings. The molecule has 1 aromatic rings. The van der Waals surface area contributed by atoms with Crippen LogP contribution in [0.25, 0.3) is 0 Å². The van der Waals surface area contributed by atoms with Crippen molar-refractivity contribution in [1.82, 2.24) is 0 Å².